The first-order chi connectivity index (χ1) is 16.1. The molecule has 3 N–H and O–H groups in total. The fraction of sp³-hybridized carbons (Fsp3) is 0.600. The monoisotopic (exact) mass is 488 g/mol. The molecule has 3 aliphatic rings. The lowest BCUT2D eigenvalue weighted by atomic mass is 9.53. The molecule has 0 radical (unpaired) electrons. The molecule has 0 unspecified atom stereocenters. The first-order valence-corrected chi connectivity index (χ1v) is 13.0. The Bertz CT molecular complexity index is 1090. The van der Waals surface area contributed by atoms with Gasteiger partial charge in [0.25, 0.3) is 5.92 Å². The molecule has 1 aromatic heterocycles. The Hall–Kier alpha value is -1.84. The third kappa shape index (κ3) is 3.99. The molecule has 5 rings (SSSR count). The van der Waals surface area contributed by atoms with Crippen LogP contribution in [0.5, 0.6) is 0 Å². The Kier molecular flexibility index (Phi) is 6.10. The van der Waals surface area contributed by atoms with Crippen molar-refractivity contribution in [2.45, 2.75) is 70.6 Å². The zero-order chi connectivity index (χ0) is 24.3. The number of fused-ring (bicyclic) bond motifs is 5. The summed E-state index contributed by atoms with van der Waals surface area (Å²) in [6.45, 7) is 3.69. The van der Waals surface area contributed by atoms with Gasteiger partial charge in [0.1, 0.15) is 0 Å². The summed E-state index contributed by atoms with van der Waals surface area (Å²) in [4.78, 5) is 17.7. The maximum Gasteiger partial charge on any atom is 0.488 e. The molecular weight excluding hydrogens is 457 g/mol. The average molecular weight is 488 g/mol. The lowest BCUT2D eigenvalue weighted by Crippen LogP contribution is -2.48. The van der Waals surface area contributed by atoms with Gasteiger partial charge in [0, 0.05) is 29.3 Å². The second-order valence-corrected chi connectivity index (χ2v) is 11.9. The summed E-state index contributed by atoms with van der Waals surface area (Å²) < 4.78 is 30.8. The summed E-state index contributed by atoms with van der Waals surface area (Å²) in [7, 11) is -1.50. The number of nitrogens with zero attached hydrogens (tertiary/aromatic N) is 1. The van der Waals surface area contributed by atoms with Gasteiger partial charge in [-0.1, -0.05) is 25.1 Å². The summed E-state index contributed by atoms with van der Waals surface area (Å²) in [5, 5.41) is 22.4. The normalized spacial score (nSPS) is 31.4. The topological polar surface area (TPSA) is 82.5 Å². The van der Waals surface area contributed by atoms with E-state index in [0.717, 1.165) is 29.7 Å². The van der Waals surface area contributed by atoms with Gasteiger partial charge in [0.05, 0.1) is 0 Å². The van der Waals surface area contributed by atoms with Crippen LogP contribution in [0.3, 0.4) is 0 Å². The number of carbonyl (C=O) groups is 1. The number of amides is 1. The Labute approximate surface area is 203 Å². The maximum atomic E-state index is 15.4. The van der Waals surface area contributed by atoms with Gasteiger partial charge in [-0.2, -0.15) is 0 Å². The van der Waals surface area contributed by atoms with E-state index in [9.17, 15) is 14.8 Å². The number of hydrogen-bond acceptors (Lipinski definition) is 5. The number of benzene rings is 1. The average Bonchev–Trinajstić information content (AvgIpc) is 3.28. The summed E-state index contributed by atoms with van der Waals surface area (Å²) in [5.41, 5.74) is 1.72. The SMILES string of the molecule is Cc1cnc(NC(=O)CC[C@H]2CC(F)(F)[C@@]3(C)CC[C@@H]4c5ccc(B(O)O)cc5CC[C@H]4[C@H]23)s1. The number of nitrogens with one attached hydrogen (secondary N) is 1. The van der Waals surface area contributed by atoms with Gasteiger partial charge in [-0.15, -0.1) is 11.3 Å². The van der Waals surface area contributed by atoms with E-state index in [1.165, 1.54) is 16.9 Å². The highest BCUT2D eigenvalue weighted by molar-refractivity contribution is 7.15. The lowest BCUT2D eigenvalue weighted by molar-refractivity contribution is -0.133. The van der Waals surface area contributed by atoms with Crippen LogP contribution >= 0.6 is 11.3 Å². The minimum Gasteiger partial charge on any atom is -0.423 e. The second kappa shape index (κ2) is 8.68. The third-order valence-corrected chi connectivity index (χ3v) is 9.60. The molecule has 2 aromatic rings. The molecule has 3 aliphatic carbocycles. The van der Waals surface area contributed by atoms with Gasteiger partial charge in [-0.05, 0) is 79.3 Å². The summed E-state index contributed by atoms with van der Waals surface area (Å²) in [6, 6.07) is 5.57. The number of carbonyl (C=O) groups excluding carboxylic acids is 1. The van der Waals surface area contributed by atoms with Crippen LogP contribution in [0.1, 0.15) is 67.4 Å². The maximum absolute atomic E-state index is 15.4. The van der Waals surface area contributed by atoms with E-state index < -0.39 is 18.5 Å². The largest absolute Gasteiger partial charge is 0.488 e. The van der Waals surface area contributed by atoms with Crippen molar-refractivity contribution in [2.75, 3.05) is 5.32 Å². The molecule has 0 bridgehead atoms. The van der Waals surface area contributed by atoms with E-state index in [2.05, 4.69) is 10.3 Å². The number of aromatic nitrogens is 1. The summed E-state index contributed by atoms with van der Waals surface area (Å²) in [5.74, 6) is -2.87. The Balaban J connectivity index is 1.36. The molecule has 0 spiro atoms. The molecular formula is C25H31BF2N2O3S. The fourth-order valence-electron chi connectivity index (χ4n) is 7.19. The van der Waals surface area contributed by atoms with Crippen molar-refractivity contribution >= 4 is 35.0 Å². The highest BCUT2D eigenvalue weighted by atomic mass is 32.1. The first-order valence-electron chi connectivity index (χ1n) is 12.2. The number of alkyl halides is 2. The minimum absolute atomic E-state index is 0.132. The van der Waals surface area contributed by atoms with E-state index >= 15 is 8.78 Å². The fourth-order valence-corrected chi connectivity index (χ4v) is 7.87. The summed E-state index contributed by atoms with van der Waals surface area (Å²) in [6.07, 6.45) is 5.00. The van der Waals surface area contributed by atoms with Crippen molar-refractivity contribution < 1.29 is 23.6 Å². The number of anilines is 1. The van der Waals surface area contributed by atoms with Crippen LogP contribution in [0, 0.1) is 30.1 Å². The third-order valence-electron chi connectivity index (χ3n) is 8.77. The number of aryl methyl sites for hydroxylation is 2. The van der Waals surface area contributed by atoms with Crippen LogP contribution in [0.25, 0.3) is 0 Å². The van der Waals surface area contributed by atoms with Crippen LogP contribution < -0.4 is 10.8 Å². The standard InChI is InChI=1S/C25H31BF2N2O3S/c1-14-13-29-23(34-14)30-21(31)8-4-16-12-25(27,28)24(2)10-9-19-18-7-5-17(26(32)33)11-15(18)3-6-20(19)22(16)24/h5,7,11,13,16,19-20,22,32-33H,3-4,6,8-10,12H2,1-2H3,(H,29,30,31)/t16-,19+,20+,22-,24-/m0/s1. The van der Waals surface area contributed by atoms with E-state index in [1.54, 1.807) is 19.2 Å². The van der Waals surface area contributed by atoms with Gasteiger partial charge in [0.15, 0.2) is 5.13 Å². The van der Waals surface area contributed by atoms with Crippen LogP contribution in [-0.2, 0) is 11.2 Å². The molecule has 0 saturated heterocycles. The number of rotatable bonds is 5. The first kappa shape index (κ1) is 23.9. The van der Waals surface area contributed by atoms with Crippen molar-refractivity contribution in [1.82, 2.24) is 4.98 Å². The van der Waals surface area contributed by atoms with Gasteiger partial charge < -0.3 is 15.4 Å². The van der Waals surface area contributed by atoms with E-state index in [0.29, 0.717) is 23.4 Å². The molecule has 34 heavy (non-hydrogen) atoms. The van der Waals surface area contributed by atoms with Gasteiger partial charge in [0.2, 0.25) is 5.91 Å². The second-order valence-electron chi connectivity index (χ2n) is 10.7. The Morgan fingerprint density at radius 3 is 2.82 bits per heavy atom. The van der Waals surface area contributed by atoms with Crippen molar-refractivity contribution in [3.63, 3.8) is 0 Å². The smallest absolute Gasteiger partial charge is 0.423 e. The number of halogens is 2. The van der Waals surface area contributed by atoms with Crippen molar-refractivity contribution in [3.8, 4) is 0 Å². The van der Waals surface area contributed by atoms with Crippen LogP contribution in [-0.4, -0.2) is 34.0 Å². The van der Waals surface area contributed by atoms with Crippen molar-refractivity contribution in [2.24, 2.45) is 23.2 Å². The number of thiazole rings is 1. The molecule has 0 aliphatic heterocycles. The molecule has 1 heterocycles. The highest BCUT2D eigenvalue weighted by Crippen LogP contribution is 2.68. The highest BCUT2D eigenvalue weighted by Gasteiger charge is 2.67. The molecule has 2 fully saturated rings. The molecule has 1 aromatic carbocycles. The predicted molar refractivity (Wildman–Crippen MR) is 129 cm³/mol. The zero-order valence-corrected chi connectivity index (χ0v) is 20.4. The van der Waals surface area contributed by atoms with Crippen molar-refractivity contribution in [1.29, 1.82) is 0 Å². The molecule has 5 nitrogen and oxygen atoms in total. The van der Waals surface area contributed by atoms with Crippen molar-refractivity contribution in [3.05, 3.63) is 40.4 Å². The molecule has 1 amide bonds. The lowest BCUT2D eigenvalue weighted by Gasteiger charge is -2.51. The molecule has 5 atom stereocenters. The predicted octanol–water partition coefficient (Wildman–Crippen LogP) is 4.27. The summed E-state index contributed by atoms with van der Waals surface area (Å²) >= 11 is 1.41. The van der Waals surface area contributed by atoms with Crippen LogP contribution in [0.15, 0.2) is 24.4 Å². The minimum atomic E-state index is -2.73. The Morgan fingerprint density at radius 1 is 1.32 bits per heavy atom. The molecule has 9 heteroatoms. The van der Waals surface area contributed by atoms with E-state index in [1.807, 2.05) is 19.1 Å². The molecule has 2 saturated carbocycles. The molecule has 182 valence electrons. The Morgan fingerprint density at radius 2 is 2.12 bits per heavy atom. The van der Waals surface area contributed by atoms with Crippen LogP contribution in [0.4, 0.5) is 13.9 Å². The van der Waals surface area contributed by atoms with E-state index in [-0.39, 0.29) is 42.4 Å². The number of hydrogen-bond donors (Lipinski definition) is 3. The van der Waals surface area contributed by atoms with Gasteiger partial charge in [-0.25, -0.2) is 13.8 Å². The van der Waals surface area contributed by atoms with Gasteiger partial charge in [-0.3, -0.25) is 4.79 Å². The van der Waals surface area contributed by atoms with Gasteiger partial charge >= 0.3 is 7.12 Å². The van der Waals surface area contributed by atoms with Crippen LogP contribution in [0.2, 0.25) is 0 Å². The zero-order valence-electron chi connectivity index (χ0n) is 19.6. The quantitative estimate of drug-likeness (QED) is 0.550. The van der Waals surface area contributed by atoms with E-state index in [4.69, 9.17) is 0 Å².